The molecule has 0 bridgehead atoms. The Kier molecular flexibility index (Phi) is 6.09. The van der Waals surface area contributed by atoms with Gasteiger partial charge in [-0.05, 0) is 68.8 Å². The van der Waals surface area contributed by atoms with Crippen LogP contribution in [0.4, 0.5) is 8.78 Å². The monoisotopic (exact) mass is 516 g/mol. The largest absolute Gasteiger partial charge is 0.270 e. The maximum atomic E-state index is 14.1. The molecule has 2 aliphatic rings. The van der Waals surface area contributed by atoms with E-state index in [0.29, 0.717) is 22.3 Å². The first-order valence-electron chi connectivity index (χ1n) is 11.4. The second-order valence-corrected chi connectivity index (χ2v) is 8.55. The number of hydrogen-bond donors (Lipinski definition) is 0. The highest BCUT2D eigenvalue weighted by molar-refractivity contribution is 6.26. The third-order valence-corrected chi connectivity index (χ3v) is 6.61. The zero-order chi connectivity index (χ0) is 28.6. The fourth-order valence-electron chi connectivity index (χ4n) is 5.02. The van der Waals surface area contributed by atoms with E-state index >= 15 is 0 Å². The fraction of sp³-hybridized carbons (Fsp3) is 0. The Morgan fingerprint density at radius 3 is 1.57 bits per heavy atom. The van der Waals surface area contributed by atoms with Crippen molar-refractivity contribution in [2.45, 2.75) is 0 Å². The van der Waals surface area contributed by atoms with Gasteiger partial charge in [0.05, 0.1) is 37.4 Å². The average molecular weight is 516 g/mol. The van der Waals surface area contributed by atoms with Gasteiger partial charge < -0.3 is 0 Å². The highest BCUT2D eigenvalue weighted by Gasteiger charge is 2.33. The number of fused-ring (bicyclic) bond motifs is 2. The molecule has 0 spiro atoms. The van der Waals surface area contributed by atoms with Crippen LogP contribution in [0, 0.1) is 65.3 Å². The summed E-state index contributed by atoms with van der Waals surface area (Å²) >= 11 is 0. The number of nitriles is 3. The predicted molar refractivity (Wildman–Crippen MR) is 143 cm³/mol. The lowest BCUT2D eigenvalue weighted by molar-refractivity contribution is 0.627. The lowest BCUT2D eigenvalue weighted by Crippen LogP contribution is -1.93. The number of halogens is 2. The zero-order valence-electron chi connectivity index (χ0n) is 20.2. The summed E-state index contributed by atoms with van der Waals surface area (Å²) in [7, 11) is 0. The Morgan fingerprint density at radius 1 is 0.625 bits per heavy atom. The van der Waals surface area contributed by atoms with E-state index in [2.05, 4.69) is 20.6 Å². The number of hydrogen-bond acceptors (Lipinski definition) is 3. The minimum absolute atomic E-state index is 0.0784. The van der Waals surface area contributed by atoms with Gasteiger partial charge in [0, 0.05) is 11.1 Å². The van der Waals surface area contributed by atoms with E-state index in [1.807, 2.05) is 12.1 Å². The molecule has 0 amide bonds. The molecule has 0 aromatic heterocycles. The number of benzene rings is 3. The molecule has 6 nitrogen and oxygen atoms in total. The summed E-state index contributed by atoms with van der Waals surface area (Å²) in [5, 5.41) is 29.3. The molecule has 3 aromatic carbocycles. The maximum absolute atomic E-state index is 14.1. The molecule has 0 saturated carbocycles. The first kappa shape index (κ1) is 25.1. The van der Waals surface area contributed by atoms with Crippen LogP contribution in [0.2, 0.25) is 0 Å². The summed E-state index contributed by atoms with van der Waals surface area (Å²) in [6, 6.07) is 19.9. The smallest absolute Gasteiger partial charge is 0.237 e. The predicted octanol–water partition coefficient (Wildman–Crippen LogP) is 7.52. The molecule has 0 radical (unpaired) electrons. The van der Waals surface area contributed by atoms with Crippen molar-refractivity contribution in [3.8, 4) is 18.2 Å². The van der Waals surface area contributed by atoms with E-state index in [1.165, 1.54) is 36.4 Å². The number of rotatable bonds is 2. The third kappa shape index (κ3) is 3.64. The van der Waals surface area contributed by atoms with Crippen LogP contribution in [-0.2, 0) is 0 Å². The van der Waals surface area contributed by atoms with Crippen LogP contribution in [0.3, 0.4) is 0 Å². The minimum Gasteiger partial charge on any atom is -0.237 e. The second-order valence-electron chi connectivity index (χ2n) is 8.55. The number of allylic oxidation sites excluding steroid dienone is 7. The van der Waals surface area contributed by atoms with Crippen LogP contribution in [0.1, 0.15) is 33.4 Å². The molecule has 40 heavy (non-hydrogen) atoms. The van der Waals surface area contributed by atoms with Gasteiger partial charge in [-0.2, -0.15) is 5.26 Å². The van der Waals surface area contributed by atoms with Gasteiger partial charge in [-0.15, -0.1) is 0 Å². The van der Waals surface area contributed by atoms with Gasteiger partial charge in [0.2, 0.25) is 5.70 Å². The highest BCUT2D eigenvalue weighted by atomic mass is 19.1. The van der Waals surface area contributed by atoms with Crippen molar-refractivity contribution in [3.63, 3.8) is 0 Å². The molecule has 8 heteroatoms. The standard InChI is InChI=1S/C32H10F2N6/c1-38-26(15-36)30-21-10-8-19(33)12-23(21)25(14-35)28(30)17-4-6-18(7-5-17)29-31(27(16-37)39-2)22-11-9-20(34)13-24(22)32(29)40-3/h4-13H/b30-26+,31-27-. The van der Waals surface area contributed by atoms with E-state index in [4.69, 9.17) is 19.7 Å². The lowest BCUT2D eigenvalue weighted by atomic mass is 9.91. The molecule has 0 unspecified atom stereocenters. The van der Waals surface area contributed by atoms with Gasteiger partial charge in [0.15, 0.2) is 0 Å². The Labute approximate surface area is 227 Å². The van der Waals surface area contributed by atoms with Crippen LogP contribution in [0.15, 0.2) is 72.1 Å². The van der Waals surface area contributed by atoms with Crippen LogP contribution < -0.4 is 0 Å². The van der Waals surface area contributed by atoms with Crippen molar-refractivity contribution in [3.05, 3.63) is 151 Å². The summed E-state index contributed by atoms with van der Waals surface area (Å²) in [6.45, 7) is 22.8. The van der Waals surface area contributed by atoms with Gasteiger partial charge >= 0.3 is 0 Å². The lowest BCUT2D eigenvalue weighted by Gasteiger charge is -2.12. The van der Waals surface area contributed by atoms with Crippen LogP contribution >= 0.6 is 0 Å². The Hall–Kier alpha value is -6.58. The molecule has 0 atom stereocenters. The molecule has 0 saturated heterocycles. The van der Waals surface area contributed by atoms with E-state index < -0.39 is 11.6 Å². The Morgan fingerprint density at radius 2 is 1.10 bits per heavy atom. The Balaban J connectivity index is 1.75. The summed E-state index contributed by atoms with van der Waals surface area (Å²) in [5.74, 6) is -1.15. The zero-order valence-corrected chi connectivity index (χ0v) is 20.2. The molecule has 0 N–H and O–H groups in total. The van der Waals surface area contributed by atoms with Gasteiger partial charge in [-0.1, -0.05) is 36.4 Å². The van der Waals surface area contributed by atoms with Gasteiger partial charge in [-0.25, -0.2) is 33.8 Å². The minimum atomic E-state index is -0.577. The topological polar surface area (TPSA) is 84.5 Å². The van der Waals surface area contributed by atoms with E-state index in [9.17, 15) is 24.6 Å². The van der Waals surface area contributed by atoms with E-state index in [-0.39, 0.29) is 56.1 Å². The summed E-state index contributed by atoms with van der Waals surface area (Å²) in [4.78, 5) is 10.3. The van der Waals surface area contributed by atoms with E-state index in [1.54, 1.807) is 24.3 Å². The van der Waals surface area contributed by atoms with Crippen LogP contribution in [-0.4, -0.2) is 0 Å². The first-order chi connectivity index (χ1) is 19.4. The molecule has 5 rings (SSSR count). The maximum Gasteiger partial charge on any atom is 0.270 e. The average Bonchev–Trinajstić information content (AvgIpc) is 3.46. The van der Waals surface area contributed by atoms with Crippen molar-refractivity contribution in [2.75, 3.05) is 0 Å². The SMILES string of the molecule is [C-]#[N+]C1=C(c2ccc(C3=C(C#N)c4cc(F)ccc4/C3=C(/C#N)[N+]#[C-])cc2)/C(=C(/C#N)[N+]#[C-])c2ccc(F)cc21. The van der Waals surface area contributed by atoms with Gasteiger partial charge in [-0.3, -0.25) is 0 Å². The Bertz CT molecular complexity index is 1890. The first-order valence-corrected chi connectivity index (χ1v) is 11.4. The third-order valence-electron chi connectivity index (χ3n) is 6.61. The van der Waals surface area contributed by atoms with Gasteiger partial charge in [0.25, 0.3) is 11.4 Å². The van der Waals surface area contributed by atoms with Crippen molar-refractivity contribution in [2.24, 2.45) is 0 Å². The molecule has 0 fully saturated rings. The molecule has 0 aliphatic heterocycles. The molecule has 2 aliphatic carbocycles. The van der Waals surface area contributed by atoms with Gasteiger partial charge in [0.1, 0.15) is 17.7 Å². The summed E-state index contributed by atoms with van der Waals surface area (Å²) < 4.78 is 28.2. The fourth-order valence-corrected chi connectivity index (χ4v) is 5.02. The van der Waals surface area contributed by atoms with E-state index in [0.717, 1.165) is 0 Å². The number of nitrogens with zero attached hydrogens (tertiary/aromatic N) is 6. The molecule has 182 valence electrons. The van der Waals surface area contributed by atoms with Crippen LogP contribution in [0.5, 0.6) is 0 Å². The molecule has 3 aromatic rings. The summed E-state index contributed by atoms with van der Waals surface area (Å²) in [6.07, 6.45) is 0. The second kappa shape index (κ2) is 9.71. The molecular formula is C32H10F2N6. The van der Waals surface area contributed by atoms with Crippen molar-refractivity contribution >= 4 is 33.6 Å². The highest BCUT2D eigenvalue weighted by Crippen LogP contribution is 2.51. The van der Waals surface area contributed by atoms with Crippen molar-refractivity contribution < 1.29 is 8.78 Å². The van der Waals surface area contributed by atoms with Crippen LogP contribution in [0.25, 0.3) is 48.1 Å². The van der Waals surface area contributed by atoms with Crippen molar-refractivity contribution in [1.82, 2.24) is 0 Å². The molecule has 0 heterocycles. The van der Waals surface area contributed by atoms with Crippen molar-refractivity contribution in [1.29, 1.82) is 15.8 Å². The summed E-state index contributed by atoms with van der Waals surface area (Å²) in [5.41, 5.74) is 2.87. The molecular weight excluding hydrogens is 506 g/mol. The quantitative estimate of drug-likeness (QED) is 0.261. The normalized spacial score (nSPS) is 15.5.